The number of nitrogens with one attached hydrogen (secondary N) is 1. The first kappa shape index (κ1) is 16.1. The van der Waals surface area contributed by atoms with Crippen LogP contribution in [0.4, 0.5) is 0 Å². The van der Waals surface area contributed by atoms with Gasteiger partial charge in [0, 0.05) is 17.1 Å². The topological polar surface area (TPSA) is 60.2 Å². The van der Waals surface area contributed by atoms with Crippen molar-refractivity contribution >= 4 is 23.2 Å². The summed E-state index contributed by atoms with van der Waals surface area (Å²) in [5.41, 5.74) is 0.900. The fourth-order valence-corrected chi connectivity index (χ4v) is 2.38. The first-order valence-electron chi connectivity index (χ1n) is 6.63. The number of rotatable bonds is 7. The Labute approximate surface area is 133 Å². The molecule has 7 heteroatoms. The molecule has 1 heterocycles. The maximum Gasteiger partial charge on any atom is 0.213 e. The van der Waals surface area contributed by atoms with Crippen molar-refractivity contribution in [1.82, 2.24) is 15.5 Å². The molecule has 2 rings (SSSR count). The van der Waals surface area contributed by atoms with E-state index in [-0.39, 0.29) is 6.61 Å². The second-order valence-electron chi connectivity index (χ2n) is 5.04. The summed E-state index contributed by atoms with van der Waals surface area (Å²) in [6.07, 6.45) is 1.26. The molecule has 0 saturated heterocycles. The van der Waals surface area contributed by atoms with Gasteiger partial charge in [0.1, 0.15) is 5.75 Å². The Morgan fingerprint density at radius 1 is 1.33 bits per heavy atom. The minimum absolute atomic E-state index is 0.190. The zero-order valence-corrected chi connectivity index (χ0v) is 13.4. The summed E-state index contributed by atoms with van der Waals surface area (Å²) in [5, 5.41) is 8.08. The molecule has 1 aromatic heterocycles. The highest BCUT2D eigenvalue weighted by Gasteiger charge is 2.12. The summed E-state index contributed by atoms with van der Waals surface area (Å²) < 4.78 is 10.4. The van der Waals surface area contributed by atoms with Gasteiger partial charge in [-0.05, 0) is 24.6 Å². The molecule has 0 aliphatic rings. The fraction of sp³-hybridized carbons (Fsp3) is 0.429. The van der Waals surface area contributed by atoms with Crippen LogP contribution in [0.15, 0.2) is 23.0 Å². The lowest BCUT2D eigenvalue weighted by Gasteiger charge is -2.14. The first-order chi connectivity index (χ1) is 10.1. The summed E-state index contributed by atoms with van der Waals surface area (Å²) in [6.45, 7) is 6.00. The third-order valence-corrected chi connectivity index (χ3v) is 3.20. The van der Waals surface area contributed by atoms with Crippen molar-refractivity contribution in [2.45, 2.75) is 27.0 Å². The SMILES string of the molecule is CC(C)CNCc1cc(Cl)cc(Cl)c1OCc1ncon1. The van der Waals surface area contributed by atoms with Crippen LogP contribution in [0.5, 0.6) is 5.75 Å². The van der Waals surface area contributed by atoms with Gasteiger partial charge in [-0.1, -0.05) is 42.2 Å². The van der Waals surface area contributed by atoms with Crippen LogP contribution in [0.2, 0.25) is 10.0 Å². The Hall–Kier alpha value is -1.30. The molecule has 1 aromatic carbocycles. The van der Waals surface area contributed by atoms with Crippen LogP contribution < -0.4 is 10.1 Å². The van der Waals surface area contributed by atoms with Gasteiger partial charge in [-0.3, -0.25) is 0 Å². The van der Waals surface area contributed by atoms with Crippen LogP contribution in [-0.4, -0.2) is 16.7 Å². The molecule has 5 nitrogen and oxygen atoms in total. The van der Waals surface area contributed by atoms with Gasteiger partial charge in [0.2, 0.25) is 12.2 Å². The number of benzene rings is 1. The van der Waals surface area contributed by atoms with Gasteiger partial charge in [0.15, 0.2) is 6.61 Å². The van der Waals surface area contributed by atoms with E-state index >= 15 is 0 Å². The van der Waals surface area contributed by atoms with Gasteiger partial charge in [0.25, 0.3) is 0 Å². The minimum atomic E-state index is 0.190. The molecule has 1 N–H and O–H groups in total. The second kappa shape index (κ2) is 7.64. The lowest BCUT2D eigenvalue weighted by Crippen LogP contribution is -2.19. The summed E-state index contributed by atoms with van der Waals surface area (Å²) >= 11 is 12.3. The van der Waals surface area contributed by atoms with E-state index in [0.29, 0.717) is 34.1 Å². The molecule has 114 valence electrons. The van der Waals surface area contributed by atoms with Gasteiger partial charge in [-0.2, -0.15) is 4.98 Å². The molecule has 0 unspecified atom stereocenters. The van der Waals surface area contributed by atoms with E-state index in [1.54, 1.807) is 6.07 Å². The third kappa shape index (κ3) is 4.88. The number of ether oxygens (including phenoxy) is 1. The van der Waals surface area contributed by atoms with Crippen molar-refractivity contribution in [3.05, 3.63) is 40.0 Å². The van der Waals surface area contributed by atoms with Gasteiger partial charge >= 0.3 is 0 Å². The van der Waals surface area contributed by atoms with Crippen LogP contribution in [-0.2, 0) is 13.2 Å². The normalized spacial score (nSPS) is 11.1. The molecular formula is C14H17Cl2N3O2. The largest absolute Gasteiger partial charge is 0.484 e. The smallest absolute Gasteiger partial charge is 0.213 e. The molecular weight excluding hydrogens is 313 g/mol. The van der Waals surface area contributed by atoms with E-state index in [1.165, 1.54) is 6.39 Å². The summed E-state index contributed by atoms with van der Waals surface area (Å²) in [5.74, 6) is 1.60. The van der Waals surface area contributed by atoms with Crippen LogP contribution >= 0.6 is 23.2 Å². The Balaban J connectivity index is 2.09. The highest BCUT2D eigenvalue weighted by molar-refractivity contribution is 6.35. The molecule has 0 aliphatic carbocycles. The Kier molecular flexibility index (Phi) is 5.85. The molecule has 0 atom stereocenters. The van der Waals surface area contributed by atoms with Crippen molar-refractivity contribution in [2.24, 2.45) is 5.92 Å². The molecule has 21 heavy (non-hydrogen) atoms. The van der Waals surface area contributed by atoms with E-state index < -0.39 is 0 Å². The van der Waals surface area contributed by atoms with E-state index in [1.807, 2.05) is 6.07 Å². The van der Waals surface area contributed by atoms with Crippen LogP contribution in [0.1, 0.15) is 25.2 Å². The minimum Gasteiger partial charge on any atom is -0.484 e. The van der Waals surface area contributed by atoms with Crippen molar-refractivity contribution < 1.29 is 9.26 Å². The van der Waals surface area contributed by atoms with E-state index in [2.05, 4.69) is 33.8 Å². The van der Waals surface area contributed by atoms with E-state index in [4.69, 9.17) is 27.9 Å². The molecule has 0 bridgehead atoms. The average molecular weight is 330 g/mol. The highest BCUT2D eigenvalue weighted by atomic mass is 35.5. The summed E-state index contributed by atoms with van der Waals surface area (Å²) in [4.78, 5) is 3.91. The maximum atomic E-state index is 6.21. The summed E-state index contributed by atoms with van der Waals surface area (Å²) in [6, 6.07) is 3.49. The number of hydrogen-bond acceptors (Lipinski definition) is 5. The zero-order valence-electron chi connectivity index (χ0n) is 11.9. The van der Waals surface area contributed by atoms with Crippen LogP contribution in [0.25, 0.3) is 0 Å². The van der Waals surface area contributed by atoms with Crippen molar-refractivity contribution in [3.63, 3.8) is 0 Å². The van der Waals surface area contributed by atoms with Crippen LogP contribution in [0.3, 0.4) is 0 Å². The first-order valence-corrected chi connectivity index (χ1v) is 7.38. The molecule has 0 spiro atoms. The molecule has 2 aromatic rings. The quantitative estimate of drug-likeness (QED) is 0.839. The predicted octanol–water partition coefficient (Wildman–Crippen LogP) is 3.70. The predicted molar refractivity (Wildman–Crippen MR) is 81.6 cm³/mol. The number of nitrogens with zero attached hydrogens (tertiary/aromatic N) is 2. The lowest BCUT2D eigenvalue weighted by atomic mass is 10.1. The van der Waals surface area contributed by atoms with E-state index in [0.717, 1.165) is 12.1 Å². The standard InChI is InChI=1S/C14H17Cl2N3O2/c1-9(2)5-17-6-10-3-11(15)4-12(16)14(10)20-7-13-18-8-21-19-13/h3-4,8-9,17H,5-7H2,1-2H3. The Morgan fingerprint density at radius 2 is 2.14 bits per heavy atom. The monoisotopic (exact) mass is 329 g/mol. The average Bonchev–Trinajstić information content (AvgIpc) is 2.90. The number of halogens is 2. The molecule has 0 saturated carbocycles. The molecule has 0 radical (unpaired) electrons. The highest BCUT2D eigenvalue weighted by Crippen LogP contribution is 2.33. The summed E-state index contributed by atoms with van der Waals surface area (Å²) in [7, 11) is 0. The molecule has 0 fully saturated rings. The molecule has 0 amide bonds. The van der Waals surface area contributed by atoms with Crippen LogP contribution in [0, 0.1) is 5.92 Å². The Bertz CT molecular complexity index is 574. The third-order valence-electron chi connectivity index (χ3n) is 2.71. The van der Waals surface area contributed by atoms with Crippen molar-refractivity contribution in [3.8, 4) is 5.75 Å². The molecule has 0 aliphatic heterocycles. The van der Waals surface area contributed by atoms with Gasteiger partial charge < -0.3 is 14.6 Å². The fourth-order valence-electron chi connectivity index (χ4n) is 1.79. The maximum absolute atomic E-state index is 6.21. The number of aromatic nitrogens is 2. The van der Waals surface area contributed by atoms with Gasteiger partial charge in [0.05, 0.1) is 5.02 Å². The van der Waals surface area contributed by atoms with Crippen molar-refractivity contribution in [2.75, 3.05) is 6.54 Å². The van der Waals surface area contributed by atoms with E-state index in [9.17, 15) is 0 Å². The number of hydrogen-bond donors (Lipinski definition) is 1. The second-order valence-corrected chi connectivity index (χ2v) is 5.88. The zero-order chi connectivity index (χ0) is 15.2. The van der Waals surface area contributed by atoms with Gasteiger partial charge in [-0.25, -0.2) is 0 Å². The Morgan fingerprint density at radius 3 is 2.81 bits per heavy atom. The lowest BCUT2D eigenvalue weighted by molar-refractivity contribution is 0.283. The van der Waals surface area contributed by atoms with Gasteiger partial charge in [-0.15, -0.1) is 0 Å². The van der Waals surface area contributed by atoms with Crippen molar-refractivity contribution in [1.29, 1.82) is 0 Å².